The maximum Gasteiger partial charge on any atom is 0.0758 e. The lowest BCUT2D eigenvalue weighted by molar-refractivity contribution is -0.0293. The highest BCUT2D eigenvalue weighted by Crippen LogP contribution is 2.56. The Hall–Kier alpha value is 0.190. The number of nitrogens with one attached hydrogen (secondary N) is 1. The van der Waals surface area contributed by atoms with Crippen molar-refractivity contribution in [3.8, 4) is 0 Å². The summed E-state index contributed by atoms with van der Waals surface area (Å²) >= 11 is 0. The predicted octanol–water partition coefficient (Wildman–Crippen LogP) is 1.84. The van der Waals surface area contributed by atoms with Crippen molar-refractivity contribution in [1.29, 1.82) is 0 Å². The molecule has 1 N–H and O–H groups in total. The Morgan fingerprint density at radius 3 is 2.80 bits per heavy atom. The van der Waals surface area contributed by atoms with Gasteiger partial charge in [0.05, 0.1) is 19.8 Å². The molecule has 0 spiro atoms. The van der Waals surface area contributed by atoms with E-state index >= 15 is 0 Å². The first kappa shape index (κ1) is 16.6. The van der Waals surface area contributed by atoms with E-state index in [2.05, 4.69) is 44.2 Å². The molecule has 0 amide bonds. The van der Waals surface area contributed by atoms with E-state index in [1.807, 2.05) is 0 Å². The summed E-state index contributed by atoms with van der Waals surface area (Å²) in [6.45, 7) is 15.0. The molecule has 2 heterocycles. The van der Waals surface area contributed by atoms with E-state index in [1.54, 1.807) is 0 Å². The second-order valence-electron chi connectivity index (χ2n) is 7.02. The van der Waals surface area contributed by atoms with Gasteiger partial charge < -0.3 is 14.2 Å². The van der Waals surface area contributed by atoms with Gasteiger partial charge in [-0.25, -0.2) is 0 Å². The standard InChI is InChI=1S/C15H32N2O2S/c1-6-20(5,15(2,3)4)19-11-13-10-17-7-8-18-12-14(17)9-16-13/h13-14,16H,6-12H2,1-5H3/t13-,14-/m1/s1. The van der Waals surface area contributed by atoms with Crippen molar-refractivity contribution < 1.29 is 8.92 Å². The van der Waals surface area contributed by atoms with E-state index in [9.17, 15) is 0 Å². The minimum Gasteiger partial charge on any atom is -0.378 e. The van der Waals surface area contributed by atoms with Gasteiger partial charge in [-0.2, -0.15) is 0 Å². The predicted molar refractivity (Wildman–Crippen MR) is 87.7 cm³/mol. The van der Waals surface area contributed by atoms with Gasteiger partial charge in [0.2, 0.25) is 0 Å². The smallest absolute Gasteiger partial charge is 0.0758 e. The molecule has 2 fully saturated rings. The molecular weight excluding hydrogens is 272 g/mol. The molecule has 0 aromatic rings. The van der Waals surface area contributed by atoms with Crippen molar-refractivity contribution in [3.63, 3.8) is 0 Å². The zero-order valence-electron chi connectivity index (χ0n) is 13.8. The maximum atomic E-state index is 6.43. The molecule has 0 saturated carbocycles. The van der Waals surface area contributed by atoms with Crippen molar-refractivity contribution in [2.45, 2.75) is 44.5 Å². The monoisotopic (exact) mass is 304 g/mol. The van der Waals surface area contributed by atoms with Gasteiger partial charge in [-0.3, -0.25) is 4.90 Å². The van der Waals surface area contributed by atoms with Gasteiger partial charge in [-0.05, 0) is 12.0 Å². The molecule has 0 aromatic carbocycles. The first-order chi connectivity index (χ1) is 9.36. The third kappa shape index (κ3) is 3.69. The van der Waals surface area contributed by atoms with Crippen LogP contribution in [0.1, 0.15) is 27.7 Å². The van der Waals surface area contributed by atoms with Crippen LogP contribution in [0.5, 0.6) is 0 Å². The number of nitrogens with zero attached hydrogens (tertiary/aromatic N) is 1. The summed E-state index contributed by atoms with van der Waals surface area (Å²) in [5.74, 6) is 1.13. The van der Waals surface area contributed by atoms with Crippen molar-refractivity contribution >= 4 is 10.3 Å². The van der Waals surface area contributed by atoms with Crippen LogP contribution in [0, 0.1) is 0 Å². The van der Waals surface area contributed by atoms with E-state index in [-0.39, 0.29) is 4.75 Å². The van der Waals surface area contributed by atoms with Crippen molar-refractivity contribution in [3.05, 3.63) is 0 Å². The number of fused-ring (bicyclic) bond motifs is 1. The van der Waals surface area contributed by atoms with E-state index in [1.165, 1.54) is 0 Å². The largest absolute Gasteiger partial charge is 0.378 e. The van der Waals surface area contributed by atoms with Crippen LogP contribution < -0.4 is 5.32 Å². The van der Waals surface area contributed by atoms with E-state index < -0.39 is 10.3 Å². The van der Waals surface area contributed by atoms with Crippen LogP contribution in [0.4, 0.5) is 0 Å². The van der Waals surface area contributed by atoms with Crippen molar-refractivity contribution in [2.24, 2.45) is 0 Å². The number of morpholine rings is 1. The maximum absolute atomic E-state index is 6.43. The molecule has 0 aliphatic carbocycles. The van der Waals surface area contributed by atoms with E-state index in [0.717, 1.165) is 45.2 Å². The number of piperazine rings is 1. The molecule has 0 bridgehead atoms. The lowest BCUT2D eigenvalue weighted by Gasteiger charge is -2.48. The van der Waals surface area contributed by atoms with Crippen LogP contribution in [0.3, 0.4) is 0 Å². The van der Waals surface area contributed by atoms with Gasteiger partial charge in [0.25, 0.3) is 0 Å². The van der Waals surface area contributed by atoms with Crippen LogP contribution in [-0.4, -0.2) is 73.2 Å². The highest BCUT2D eigenvalue weighted by molar-refractivity contribution is 8.30. The zero-order chi connectivity index (χ0) is 14.8. The molecule has 4 nitrogen and oxygen atoms in total. The Balaban J connectivity index is 1.85. The van der Waals surface area contributed by atoms with Crippen LogP contribution in [-0.2, 0) is 8.92 Å². The lowest BCUT2D eigenvalue weighted by atomic mass is 10.1. The molecular formula is C15H32N2O2S. The van der Waals surface area contributed by atoms with Crippen LogP contribution >= 0.6 is 10.3 Å². The van der Waals surface area contributed by atoms with Gasteiger partial charge in [-0.1, -0.05) is 27.7 Å². The second-order valence-corrected chi connectivity index (χ2v) is 11.1. The average molecular weight is 305 g/mol. The number of ether oxygens (including phenoxy) is 1. The quantitative estimate of drug-likeness (QED) is 0.859. The highest BCUT2D eigenvalue weighted by atomic mass is 32.3. The number of hydrogen-bond acceptors (Lipinski definition) is 4. The molecule has 2 saturated heterocycles. The normalized spacial score (nSPS) is 33.2. The van der Waals surface area contributed by atoms with Crippen LogP contribution in [0.2, 0.25) is 0 Å². The van der Waals surface area contributed by atoms with Gasteiger partial charge >= 0.3 is 0 Å². The van der Waals surface area contributed by atoms with Gasteiger partial charge in [-0.15, -0.1) is 10.3 Å². The summed E-state index contributed by atoms with van der Waals surface area (Å²) in [6.07, 6.45) is 2.33. The van der Waals surface area contributed by atoms with Gasteiger partial charge in [0.1, 0.15) is 0 Å². The van der Waals surface area contributed by atoms with E-state index in [0.29, 0.717) is 12.1 Å². The topological polar surface area (TPSA) is 33.7 Å². The molecule has 1 unspecified atom stereocenters. The molecule has 2 rings (SSSR count). The number of rotatable bonds is 4. The molecule has 120 valence electrons. The number of hydrogen-bond donors (Lipinski definition) is 1. The average Bonchev–Trinajstić information content (AvgIpc) is 2.43. The highest BCUT2D eigenvalue weighted by Gasteiger charge is 2.35. The first-order valence-corrected chi connectivity index (χ1v) is 9.94. The molecule has 20 heavy (non-hydrogen) atoms. The van der Waals surface area contributed by atoms with Crippen molar-refractivity contribution in [2.75, 3.05) is 51.5 Å². The molecule has 2 aliphatic rings. The first-order valence-electron chi connectivity index (χ1n) is 7.81. The fourth-order valence-corrected chi connectivity index (χ4v) is 4.66. The van der Waals surface area contributed by atoms with Crippen LogP contribution in [0.25, 0.3) is 0 Å². The Labute approximate surface area is 126 Å². The van der Waals surface area contributed by atoms with Crippen molar-refractivity contribution in [1.82, 2.24) is 10.2 Å². The third-order valence-electron chi connectivity index (χ3n) is 4.82. The lowest BCUT2D eigenvalue weighted by Crippen LogP contribution is -2.61. The summed E-state index contributed by atoms with van der Waals surface area (Å²) in [7, 11) is -1.00. The zero-order valence-corrected chi connectivity index (χ0v) is 14.6. The second kappa shape index (κ2) is 6.53. The minimum absolute atomic E-state index is 0.248. The van der Waals surface area contributed by atoms with Gasteiger partial charge in [0.15, 0.2) is 0 Å². The molecule has 0 aromatic heterocycles. The molecule has 3 atom stereocenters. The molecule has 5 heteroatoms. The Morgan fingerprint density at radius 1 is 1.40 bits per heavy atom. The molecule has 2 aliphatic heterocycles. The van der Waals surface area contributed by atoms with E-state index in [4.69, 9.17) is 8.92 Å². The fraction of sp³-hybridized carbons (Fsp3) is 1.00. The minimum atomic E-state index is -1.00. The Bertz CT molecular complexity index is 321. The summed E-state index contributed by atoms with van der Waals surface area (Å²) in [6, 6.07) is 1.03. The summed E-state index contributed by atoms with van der Waals surface area (Å²) in [5, 5.41) is 3.63. The Kier molecular flexibility index (Phi) is 5.40. The summed E-state index contributed by atoms with van der Waals surface area (Å²) < 4.78 is 12.2. The SMILES string of the molecule is CCS(C)(OC[C@H]1CN2CCOC[C@H]2CN1)C(C)(C)C. The fourth-order valence-electron chi connectivity index (χ4n) is 2.80. The van der Waals surface area contributed by atoms with Gasteiger partial charge in [0, 0.05) is 36.5 Å². The summed E-state index contributed by atoms with van der Waals surface area (Å²) in [4.78, 5) is 2.56. The Morgan fingerprint density at radius 2 is 2.15 bits per heavy atom. The molecule has 0 radical (unpaired) electrons. The summed E-state index contributed by atoms with van der Waals surface area (Å²) in [5.41, 5.74) is 0. The van der Waals surface area contributed by atoms with Crippen LogP contribution in [0.15, 0.2) is 0 Å². The third-order valence-corrected chi connectivity index (χ3v) is 9.17.